The van der Waals surface area contributed by atoms with Crippen LogP contribution in [0.5, 0.6) is 0 Å². The summed E-state index contributed by atoms with van der Waals surface area (Å²) in [4.78, 5) is 25.7. The zero-order valence-corrected chi connectivity index (χ0v) is 11.1. The fourth-order valence-electron chi connectivity index (χ4n) is 2.17. The van der Waals surface area contributed by atoms with E-state index in [1.807, 2.05) is 6.92 Å². The van der Waals surface area contributed by atoms with Gasteiger partial charge in [-0.1, -0.05) is 13.0 Å². The zero-order valence-electron chi connectivity index (χ0n) is 11.1. The quantitative estimate of drug-likeness (QED) is 0.886. The van der Waals surface area contributed by atoms with E-state index in [1.165, 1.54) is 17.0 Å². The second-order valence-corrected chi connectivity index (χ2v) is 4.92. The summed E-state index contributed by atoms with van der Waals surface area (Å²) in [5, 5.41) is 2.75. The summed E-state index contributed by atoms with van der Waals surface area (Å²) in [6, 6.07) is 5.87. The first kappa shape index (κ1) is 13.5. The minimum atomic E-state index is -0.931. The summed E-state index contributed by atoms with van der Waals surface area (Å²) >= 11 is 0. The van der Waals surface area contributed by atoms with E-state index in [0.717, 1.165) is 0 Å². The molecule has 1 N–H and O–H groups in total. The van der Waals surface area contributed by atoms with Crippen LogP contribution in [0.15, 0.2) is 24.3 Å². The molecule has 1 saturated heterocycles. The number of halogens is 1. The molecular formula is C14H17FN2O2. The maximum absolute atomic E-state index is 13.3. The highest BCUT2D eigenvalue weighted by molar-refractivity contribution is 6.03. The molecule has 0 saturated carbocycles. The van der Waals surface area contributed by atoms with E-state index >= 15 is 0 Å². The van der Waals surface area contributed by atoms with Crippen molar-refractivity contribution in [2.45, 2.75) is 32.2 Å². The van der Waals surface area contributed by atoms with Crippen molar-refractivity contribution in [1.29, 1.82) is 0 Å². The van der Waals surface area contributed by atoms with E-state index in [-0.39, 0.29) is 24.8 Å². The second kappa shape index (κ2) is 4.99. The van der Waals surface area contributed by atoms with Crippen LogP contribution >= 0.6 is 0 Å². The molecule has 0 radical (unpaired) electrons. The van der Waals surface area contributed by atoms with Crippen LogP contribution < -0.4 is 10.2 Å². The molecule has 0 aliphatic carbocycles. The first-order valence-electron chi connectivity index (χ1n) is 6.35. The van der Waals surface area contributed by atoms with E-state index in [2.05, 4.69) is 5.32 Å². The Hall–Kier alpha value is -1.91. The highest BCUT2D eigenvalue weighted by atomic mass is 19.1. The van der Waals surface area contributed by atoms with Gasteiger partial charge in [0.2, 0.25) is 5.91 Å². The monoisotopic (exact) mass is 264 g/mol. The Balaban J connectivity index is 2.39. The van der Waals surface area contributed by atoms with Gasteiger partial charge in [0.15, 0.2) is 0 Å². The topological polar surface area (TPSA) is 49.4 Å². The van der Waals surface area contributed by atoms with Gasteiger partial charge in [0.05, 0.1) is 0 Å². The lowest BCUT2D eigenvalue weighted by Gasteiger charge is -2.31. The summed E-state index contributed by atoms with van der Waals surface area (Å²) < 4.78 is 13.3. The van der Waals surface area contributed by atoms with Crippen molar-refractivity contribution in [3.63, 3.8) is 0 Å². The molecule has 0 spiro atoms. The smallest absolute Gasteiger partial charge is 0.252 e. The largest absolute Gasteiger partial charge is 0.342 e. The summed E-state index contributed by atoms with van der Waals surface area (Å²) in [5.41, 5.74) is -0.443. The highest BCUT2D eigenvalue weighted by Crippen LogP contribution is 2.24. The lowest BCUT2D eigenvalue weighted by molar-refractivity contribution is -0.129. The molecule has 19 heavy (non-hydrogen) atoms. The molecule has 2 rings (SSSR count). The molecule has 1 atom stereocenters. The van der Waals surface area contributed by atoms with Gasteiger partial charge >= 0.3 is 0 Å². The van der Waals surface area contributed by atoms with Crippen LogP contribution in [0.2, 0.25) is 0 Å². The molecule has 5 heteroatoms. The van der Waals surface area contributed by atoms with Crippen molar-refractivity contribution in [3.05, 3.63) is 30.1 Å². The van der Waals surface area contributed by atoms with Gasteiger partial charge in [-0.2, -0.15) is 0 Å². The van der Waals surface area contributed by atoms with Crippen LogP contribution in [0.25, 0.3) is 0 Å². The molecule has 1 aromatic carbocycles. The van der Waals surface area contributed by atoms with Crippen LogP contribution in [0.4, 0.5) is 10.1 Å². The van der Waals surface area contributed by atoms with Crippen molar-refractivity contribution in [2.75, 3.05) is 11.4 Å². The lowest BCUT2D eigenvalue weighted by Crippen LogP contribution is -2.54. The second-order valence-electron chi connectivity index (χ2n) is 4.92. The molecule has 0 aromatic heterocycles. The van der Waals surface area contributed by atoms with E-state index in [0.29, 0.717) is 12.1 Å². The molecule has 1 fully saturated rings. The van der Waals surface area contributed by atoms with Crippen LogP contribution in [-0.4, -0.2) is 23.9 Å². The van der Waals surface area contributed by atoms with Crippen molar-refractivity contribution in [3.8, 4) is 0 Å². The van der Waals surface area contributed by atoms with Gasteiger partial charge < -0.3 is 10.2 Å². The summed E-state index contributed by atoms with van der Waals surface area (Å²) in [7, 11) is 0. The van der Waals surface area contributed by atoms with E-state index in [1.54, 1.807) is 19.1 Å². The average molecular weight is 264 g/mol. The van der Waals surface area contributed by atoms with Crippen molar-refractivity contribution >= 4 is 17.5 Å². The minimum Gasteiger partial charge on any atom is -0.342 e. The predicted molar refractivity (Wildman–Crippen MR) is 70.2 cm³/mol. The normalized spacial score (nSPS) is 24.1. The van der Waals surface area contributed by atoms with Crippen LogP contribution in [0, 0.1) is 5.82 Å². The van der Waals surface area contributed by atoms with Gasteiger partial charge in [-0.05, 0) is 31.5 Å². The molecule has 1 aromatic rings. The summed E-state index contributed by atoms with van der Waals surface area (Å²) in [6.45, 7) is 3.81. The molecule has 1 aliphatic rings. The third-order valence-corrected chi connectivity index (χ3v) is 3.52. The Bertz CT molecular complexity index is 518. The SMILES string of the molecule is CCC1(C)NC(=O)CCN(c2cccc(F)c2)C1=O. The number of hydrogen-bond acceptors (Lipinski definition) is 2. The van der Waals surface area contributed by atoms with Crippen LogP contribution in [-0.2, 0) is 9.59 Å². The molecular weight excluding hydrogens is 247 g/mol. The zero-order chi connectivity index (χ0) is 14.0. The summed E-state index contributed by atoms with van der Waals surface area (Å²) in [5.74, 6) is -0.755. The summed E-state index contributed by atoms with van der Waals surface area (Å²) in [6.07, 6.45) is 0.710. The number of benzene rings is 1. The van der Waals surface area contributed by atoms with Crippen LogP contribution in [0.3, 0.4) is 0 Å². The number of hydrogen-bond donors (Lipinski definition) is 1. The van der Waals surface area contributed by atoms with E-state index in [9.17, 15) is 14.0 Å². The number of amides is 2. The number of nitrogens with zero attached hydrogens (tertiary/aromatic N) is 1. The van der Waals surface area contributed by atoms with Gasteiger partial charge in [0.25, 0.3) is 5.91 Å². The standard InChI is InChI=1S/C14H17FN2O2/c1-3-14(2)13(19)17(8-7-12(18)16-14)11-6-4-5-10(15)9-11/h4-6,9H,3,7-8H2,1-2H3,(H,16,18). The number of rotatable bonds is 2. The Morgan fingerprint density at radius 2 is 2.16 bits per heavy atom. The maximum Gasteiger partial charge on any atom is 0.252 e. The molecule has 4 nitrogen and oxygen atoms in total. The van der Waals surface area contributed by atoms with Crippen molar-refractivity contribution in [1.82, 2.24) is 5.32 Å². The van der Waals surface area contributed by atoms with Gasteiger partial charge in [-0.3, -0.25) is 9.59 Å². The Labute approximate surface area is 111 Å². The predicted octanol–water partition coefficient (Wildman–Crippen LogP) is 1.85. The number of carbonyl (C=O) groups excluding carboxylic acids is 2. The Kier molecular flexibility index (Phi) is 3.55. The van der Waals surface area contributed by atoms with Crippen LogP contribution in [0.1, 0.15) is 26.7 Å². The number of anilines is 1. The average Bonchev–Trinajstić information content (AvgIpc) is 2.48. The lowest BCUT2D eigenvalue weighted by atomic mass is 9.97. The molecule has 0 bridgehead atoms. The van der Waals surface area contributed by atoms with E-state index in [4.69, 9.17) is 0 Å². The Morgan fingerprint density at radius 3 is 2.79 bits per heavy atom. The fourth-order valence-corrected chi connectivity index (χ4v) is 2.17. The third kappa shape index (κ3) is 2.59. The van der Waals surface area contributed by atoms with Gasteiger partial charge in [0, 0.05) is 18.7 Å². The molecule has 1 unspecified atom stereocenters. The highest BCUT2D eigenvalue weighted by Gasteiger charge is 2.39. The van der Waals surface area contributed by atoms with Gasteiger partial charge in [-0.15, -0.1) is 0 Å². The first-order chi connectivity index (χ1) is 8.96. The molecule has 1 aliphatic heterocycles. The molecule has 102 valence electrons. The van der Waals surface area contributed by atoms with E-state index < -0.39 is 11.4 Å². The fraction of sp³-hybridized carbons (Fsp3) is 0.429. The number of nitrogens with one attached hydrogen (secondary N) is 1. The van der Waals surface area contributed by atoms with Crippen molar-refractivity contribution < 1.29 is 14.0 Å². The molecule has 2 amide bonds. The number of carbonyl (C=O) groups is 2. The third-order valence-electron chi connectivity index (χ3n) is 3.52. The van der Waals surface area contributed by atoms with Crippen molar-refractivity contribution in [2.24, 2.45) is 0 Å². The first-order valence-corrected chi connectivity index (χ1v) is 6.35. The minimum absolute atomic E-state index is 0.156. The maximum atomic E-state index is 13.3. The van der Waals surface area contributed by atoms with Gasteiger partial charge in [-0.25, -0.2) is 4.39 Å². The Morgan fingerprint density at radius 1 is 1.42 bits per heavy atom. The molecule has 1 heterocycles. The van der Waals surface area contributed by atoms with Gasteiger partial charge in [0.1, 0.15) is 11.4 Å².